The number of methoxy groups -OCH3 is 2. The van der Waals surface area contributed by atoms with Gasteiger partial charge in [-0.1, -0.05) is 39.5 Å². The first kappa shape index (κ1) is 123. The molecule has 0 aromatic carbocycles. The summed E-state index contributed by atoms with van der Waals surface area (Å²) >= 11 is 0. The van der Waals surface area contributed by atoms with E-state index in [0.29, 0.717) is 14.0 Å². The van der Waals surface area contributed by atoms with Gasteiger partial charge < -0.3 is 80.5 Å². The van der Waals surface area contributed by atoms with Crippen LogP contribution in [0.3, 0.4) is 0 Å². The number of carbonyl (C=O) groups excluding carboxylic acids is 17. The zero-order chi connectivity index (χ0) is 109. The lowest BCUT2D eigenvalue weighted by Crippen LogP contribution is -2.69. The van der Waals surface area contributed by atoms with Crippen molar-refractivity contribution in [3.05, 3.63) is 72.9 Å². The molecular weight excluding hydrogens is 2010 g/mol. The Morgan fingerprint density at radius 1 is 0.464 bits per heavy atom. The van der Waals surface area contributed by atoms with E-state index in [4.69, 9.17) is 0 Å². The zero-order valence-electron chi connectivity index (χ0n) is 71.1. The summed E-state index contributed by atoms with van der Waals surface area (Å²) in [6.45, 7) is 23.7. The Labute approximate surface area is 749 Å². The standard InChI is InChI=1S/C13H11F9O4.C13H13F5O6.C12H9F7O6.2C12H12F4O6.C11H12F2O6/c1-5(2)7(23)25-9(3)4-10(15,16)11(12(17,18)19,13(20,21)22)26-8(24)6(9)14;1-5(2)10(20)24-9-7(23-11(21)12(9,14)15)4-8(19)22-6(3)13(16,17)18;1-4(2)7(20)24-5-6(25-9(22)12(5,18)19)11(16,17)8(21)23-3-10(13,14)15;1-5(2)8(17)21-6-4-7(11(13,14)9(18)20-3)22-10(19)12(6,15)16;1-4-20-9(18)11(13,14)7-6(21-8(17)5(2)3)12(15,16)10(19)22-7;1-6(2)7(14)19-10(8(15)17-3)4-5-18-9(16)11(10,12)13/h6H,1,4H2,2-3H3;6-7,9H,1,4H2,2-3H3;5-6H,1,3H2,2H3;6-7H,1,4H2,2-3H3;6-7H,2,4H2,1,3H3;1,4-5H2,2-3H3. The number of alkyl halides is 31. The zero-order valence-corrected chi connectivity index (χ0v) is 71.1. The molecule has 0 spiro atoms. The molecule has 6 aliphatic rings. The van der Waals surface area contributed by atoms with E-state index >= 15 is 0 Å². The van der Waals surface area contributed by atoms with Crippen molar-refractivity contribution >= 4 is 101 Å². The Morgan fingerprint density at radius 2 is 0.833 bits per heavy atom. The van der Waals surface area contributed by atoms with Crippen LogP contribution >= 0.6 is 0 Å². The Bertz CT molecular complexity index is 4730. The van der Waals surface area contributed by atoms with Gasteiger partial charge in [0.25, 0.3) is 5.60 Å². The van der Waals surface area contributed by atoms with Crippen LogP contribution in [0, 0.1) is 0 Å². The topological polar surface area (TPSA) is 447 Å². The summed E-state index contributed by atoms with van der Waals surface area (Å²) in [5.41, 5.74) is -14.9. The molecule has 0 aliphatic carbocycles. The van der Waals surface area contributed by atoms with Crippen molar-refractivity contribution in [2.75, 3.05) is 34.0 Å². The fourth-order valence-corrected chi connectivity index (χ4v) is 10.0. The van der Waals surface area contributed by atoms with Crippen molar-refractivity contribution < 1.29 is 298 Å². The monoisotopic (exact) mass is 2080 g/mol. The summed E-state index contributed by atoms with van der Waals surface area (Å²) in [6.07, 6.45) is -57.7. The first-order chi connectivity index (χ1) is 61.8. The minimum Gasteiger partial charge on any atom is -0.466 e. The van der Waals surface area contributed by atoms with Crippen LogP contribution in [0.2, 0.25) is 0 Å². The number of halogens is 31. The van der Waals surface area contributed by atoms with Gasteiger partial charge in [0, 0.05) is 46.3 Å². The first-order valence-corrected chi connectivity index (χ1v) is 36.3. The second kappa shape index (κ2) is 44.4. The molecule has 6 aliphatic heterocycles. The molecule has 0 N–H and O–H groups in total. The average Bonchev–Trinajstić information content (AvgIpc) is 1.45. The summed E-state index contributed by atoms with van der Waals surface area (Å²) in [6, 6.07) is 0. The highest BCUT2D eigenvalue weighted by atomic mass is 19.4. The summed E-state index contributed by atoms with van der Waals surface area (Å²) in [5.74, 6) is -75.1. The molecule has 0 amide bonds. The molecule has 138 heavy (non-hydrogen) atoms. The van der Waals surface area contributed by atoms with Crippen molar-refractivity contribution in [2.45, 2.75) is 244 Å². The van der Waals surface area contributed by atoms with Crippen LogP contribution < -0.4 is 0 Å². The molecule has 0 aromatic rings. The second-order valence-electron chi connectivity index (χ2n) is 28.6. The van der Waals surface area contributed by atoms with Crippen LogP contribution in [0.4, 0.5) is 136 Å². The number of ether oxygens (including phenoxy) is 17. The van der Waals surface area contributed by atoms with Gasteiger partial charge in [0.15, 0.2) is 36.6 Å². The molecule has 12 unspecified atom stereocenters. The van der Waals surface area contributed by atoms with Gasteiger partial charge in [-0.15, -0.1) is 0 Å². The van der Waals surface area contributed by atoms with Crippen LogP contribution in [-0.4, -0.2) is 291 Å². The number of carbonyl (C=O) groups is 17. The molecule has 0 saturated carbocycles. The molecule has 0 aromatic heterocycles. The van der Waals surface area contributed by atoms with Gasteiger partial charge in [-0.05, 0) is 62.3 Å². The fraction of sp³-hybridized carbons (Fsp3) is 0.603. The predicted molar refractivity (Wildman–Crippen MR) is 370 cm³/mol. The third-order valence-electron chi connectivity index (χ3n) is 17.2. The van der Waals surface area contributed by atoms with E-state index in [2.05, 4.69) is 120 Å². The smallest absolute Gasteiger partial charge is 0.444 e. The van der Waals surface area contributed by atoms with Crippen molar-refractivity contribution in [3.63, 3.8) is 0 Å². The average molecular weight is 2080 g/mol. The van der Waals surface area contributed by atoms with E-state index in [1.54, 1.807) is 0 Å². The van der Waals surface area contributed by atoms with Gasteiger partial charge in [-0.2, -0.15) is 123 Å². The maximum atomic E-state index is 14.2. The van der Waals surface area contributed by atoms with E-state index in [0.717, 1.165) is 41.7 Å². The molecule has 6 saturated heterocycles. The first-order valence-electron chi connectivity index (χ1n) is 36.3. The molecule has 0 radical (unpaired) electrons. The molecule has 782 valence electrons. The third kappa shape index (κ3) is 28.1. The van der Waals surface area contributed by atoms with Crippen LogP contribution in [-0.2, 0) is 162 Å². The summed E-state index contributed by atoms with van der Waals surface area (Å²) in [5, 5.41) is 0. The Kier molecular flexibility index (Phi) is 39.6. The van der Waals surface area contributed by atoms with Crippen LogP contribution in [0.1, 0.15) is 88.0 Å². The highest BCUT2D eigenvalue weighted by Gasteiger charge is 2.88. The number of hydrogen-bond donors (Lipinski definition) is 0. The number of rotatable bonds is 24. The van der Waals surface area contributed by atoms with Gasteiger partial charge >= 0.3 is 185 Å². The Hall–Kier alpha value is -12.7. The molecule has 6 rings (SSSR count). The van der Waals surface area contributed by atoms with E-state index in [-0.39, 0.29) is 29.2 Å². The van der Waals surface area contributed by atoms with Crippen LogP contribution in [0.5, 0.6) is 0 Å². The number of esters is 17. The van der Waals surface area contributed by atoms with Gasteiger partial charge in [-0.3, -0.25) is 4.79 Å². The maximum absolute atomic E-state index is 14.2. The lowest BCUT2D eigenvalue weighted by molar-refractivity contribution is -0.422. The highest BCUT2D eigenvalue weighted by Crippen LogP contribution is 2.59. The molecular formula is C73H69F31O34. The van der Waals surface area contributed by atoms with Gasteiger partial charge in [0.05, 0.1) is 40.3 Å². The quantitative estimate of drug-likeness (QED) is 0.0375. The number of cyclic esters (lactones) is 6. The Balaban J connectivity index is 0.000000830. The summed E-state index contributed by atoms with van der Waals surface area (Å²) in [7, 11) is 1.49. The lowest BCUT2D eigenvalue weighted by atomic mass is 9.84. The van der Waals surface area contributed by atoms with Gasteiger partial charge in [-0.25, -0.2) is 89.9 Å². The van der Waals surface area contributed by atoms with E-state index in [9.17, 15) is 218 Å². The minimum absolute atomic E-state index is 0.196. The minimum atomic E-state index is -6.85. The number of hydrogen-bond acceptors (Lipinski definition) is 34. The fourth-order valence-electron chi connectivity index (χ4n) is 10.0. The second-order valence-corrected chi connectivity index (χ2v) is 28.6. The SMILES string of the molecule is C=C(C)C(=O)OC1(C(=O)OC)CCOC(=O)C1(F)F.C=C(C)C(=O)OC1(C)CC(F)(F)C(C(F)(F)F)(C(F)(F)F)OC(=O)C1F.C=C(C)C(=O)OC1C(C(F)(F)C(=O)OCC(F)(F)F)OC(=O)C1(F)F.C=C(C)C(=O)OC1C(C(F)(F)C(=O)OCC)OC(=O)C1(F)F.C=C(C)C(=O)OC1C(CC(=O)OC(C)C(F)(F)F)OC(=O)C1(F)F.C=C(C)C(=O)OC1CC(C(F)(F)C(=O)OC)OC(=O)C1(F)F. The molecule has 0 bridgehead atoms. The third-order valence-corrected chi connectivity index (χ3v) is 17.2. The van der Waals surface area contributed by atoms with Crippen LogP contribution in [0.15, 0.2) is 72.9 Å². The van der Waals surface area contributed by atoms with Gasteiger partial charge in [0.1, 0.15) is 0 Å². The van der Waals surface area contributed by atoms with E-state index in [1.807, 2.05) is 0 Å². The molecule has 65 heteroatoms. The molecule has 12 atom stereocenters. The van der Waals surface area contributed by atoms with Gasteiger partial charge in [0.2, 0.25) is 36.7 Å². The summed E-state index contributed by atoms with van der Waals surface area (Å²) < 4.78 is 480. The van der Waals surface area contributed by atoms with Crippen LogP contribution in [0.25, 0.3) is 0 Å². The lowest BCUT2D eigenvalue weighted by Gasteiger charge is -2.40. The largest absolute Gasteiger partial charge is 0.466 e. The van der Waals surface area contributed by atoms with Crippen molar-refractivity contribution in [3.8, 4) is 0 Å². The molecule has 6 heterocycles. The van der Waals surface area contributed by atoms with Crippen molar-refractivity contribution in [1.29, 1.82) is 0 Å². The van der Waals surface area contributed by atoms with Crippen molar-refractivity contribution in [2.24, 2.45) is 0 Å². The highest BCUT2D eigenvalue weighted by molar-refractivity contribution is 5.98. The normalized spacial score (nSPS) is 24.8. The predicted octanol–water partition coefficient (Wildman–Crippen LogP) is 10.4. The van der Waals surface area contributed by atoms with E-state index in [1.165, 1.54) is 13.8 Å². The Morgan fingerprint density at radius 3 is 1.20 bits per heavy atom. The molecule has 34 nitrogen and oxygen atoms in total. The van der Waals surface area contributed by atoms with Crippen molar-refractivity contribution in [1.82, 2.24) is 0 Å². The maximum Gasteiger partial charge on any atom is 0.444 e. The summed E-state index contributed by atoms with van der Waals surface area (Å²) in [4.78, 5) is 191. The van der Waals surface area contributed by atoms with E-state index < -0.39 is 314 Å². The molecule has 6 fully saturated rings.